The molecule has 0 radical (unpaired) electrons. The quantitative estimate of drug-likeness (QED) is 0.698. The summed E-state index contributed by atoms with van der Waals surface area (Å²) in [5.74, 6) is -0.0528. The maximum atomic E-state index is 13.3. The van der Waals surface area contributed by atoms with E-state index in [4.69, 9.17) is 5.73 Å². The van der Waals surface area contributed by atoms with Crippen LogP contribution in [0.25, 0.3) is 10.1 Å². The molecule has 1 unspecified atom stereocenters. The molecular formula is C24H31N5O3S. The third-order valence-corrected chi connectivity index (χ3v) is 8.72. The molecule has 3 aliphatic rings. The van der Waals surface area contributed by atoms with Crippen LogP contribution < -0.4 is 5.73 Å². The zero-order valence-electron chi connectivity index (χ0n) is 19.2. The summed E-state index contributed by atoms with van der Waals surface area (Å²) in [4.78, 5) is 46.4. The summed E-state index contributed by atoms with van der Waals surface area (Å²) in [6.45, 7) is 5.08. The number of benzene rings is 1. The lowest BCUT2D eigenvalue weighted by atomic mass is 9.86. The molecule has 1 spiro atoms. The third kappa shape index (κ3) is 3.40. The van der Waals surface area contributed by atoms with Crippen LogP contribution in [0.15, 0.2) is 24.3 Å². The number of nitrogens with zero attached hydrogens (tertiary/aromatic N) is 4. The molecule has 4 amide bonds. The van der Waals surface area contributed by atoms with Crippen molar-refractivity contribution in [2.45, 2.75) is 44.2 Å². The monoisotopic (exact) mass is 469 g/mol. The number of likely N-dealkylation sites (tertiary alicyclic amines) is 2. The maximum Gasteiger partial charge on any atom is 0.327 e. The normalized spacial score (nSPS) is 25.1. The number of urea groups is 1. The van der Waals surface area contributed by atoms with Gasteiger partial charge in [0.05, 0.1) is 10.6 Å². The molecule has 3 fully saturated rings. The van der Waals surface area contributed by atoms with Crippen molar-refractivity contribution in [1.82, 2.24) is 19.6 Å². The number of thiophene rings is 1. The molecule has 1 aromatic carbocycles. The van der Waals surface area contributed by atoms with E-state index in [1.54, 1.807) is 11.9 Å². The molecule has 4 heterocycles. The van der Waals surface area contributed by atoms with Crippen molar-refractivity contribution in [3.8, 4) is 0 Å². The SMILES string of the molecule is CCN1C(=O)N(C)C2(CCCN(C3CCN(C(=O)c4c(N)sc5ccccc45)CC3)C2)C1=O. The Kier molecular flexibility index (Phi) is 5.56. The van der Waals surface area contributed by atoms with Gasteiger partial charge in [-0.3, -0.25) is 19.4 Å². The number of amides is 4. The van der Waals surface area contributed by atoms with E-state index in [1.807, 2.05) is 36.1 Å². The molecule has 176 valence electrons. The highest BCUT2D eigenvalue weighted by Crippen LogP contribution is 2.38. The van der Waals surface area contributed by atoms with E-state index >= 15 is 0 Å². The fourth-order valence-electron chi connectivity index (χ4n) is 5.83. The van der Waals surface area contributed by atoms with Gasteiger partial charge in [0.1, 0.15) is 5.54 Å². The number of fused-ring (bicyclic) bond motifs is 1. The van der Waals surface area contributed by atoms with Crippen LogP contribution in [0.1, 0.15) is 43.0 Å². The molecule has 0 bridgehead atoms. The topological polar surface area (TPSA) is 90.2 Å². The first kappa shape index (κ1) is 22.2. The van der Waals surface area contributed by atoms with Crippen molar-refractivity contribution in [3.63, 3.8) is 0 Å². The Morgan fingerprint density at radius 1 is 1.18 bits per heavy atom. The maximum absolute atomic E-state index is 13.3. The molecule has 3 aliphatic heterocycles. The largest absolute Gasteiger partial charge is 0.390 e. The lowest BCUT2D eigenvalue weighted by Gasteiger charge is -2.46. The predicted molar refractivity (Wildman–Crippen MR) is 129 cm³/mol. The van der Waals surface area contributed by atoms with Gasteiger partial charge in [-0.25, -0.2) is 4.79 Å². The minimum atomic E-state index is -0.748. The lowest BCUT2D eigenvalue weighted by molar-refractivity contribution is -0.136. The Bertz CT molecular complexity index is 1110. The summed E-state index contributed by atoms with van der Waals surface area (Å²) in [5.41, 5.74) is 6.11. The molecule has 9 heteroatoms. The number of nitrogen functional groups attached to an aromatic ring is 1. The van der Waals surface area contributed by atoms with Gasteiger partial charge >= 0.3 is 6.03 Å². The van der Waals surface area contributed by atoms with Crippen LogP contribution in [0, 0.1) is 0 Å². The van der Waals surface area contributed by atoms with Gasteiger partial charge in [-0.1, -0.05) is 18.2 Å². The van der Waals surface area contributed by atoms with Gasteiger partial charge in [-0.05, 0) is 45.2 Å². The number of anilines is 1. The Hall–Kier alpha value is -2.65. The fraction of sp³-hybridized carbons (Fsp3) is 0.542. The van der Waals surface area contributed by atoms with Crippen molar-refractivity contribution < 1.29 is 14.4 Å². The van der Waals surface area contributed by atoms with Crippen molar-refractivity contribution in [1.29, 1.82) is 0 Å². The Morgan fingerprint density at radius 2 is 1.91 bits per heavy atom. The van der Waals surface area contributed by atoms with Crippen LogP contribution in [0.3, 0.4) is 0 Å². The van der Waals surface area contributed by atoms with E-state index in [0.29, 0.717) is 49.2 Å². The van der Waals surface area contributed by atoms with Crippen LogP contribution in [-0.2, 0) is 4.79 Å². The van der Waals surface area contributed by atoms with Gasteiger partial charge in [0.15, 0.2) is 0 Å². The number of hydrogen-bond donors (Lipinski definition) is 1. The van der Waals surface area contributed by atoms with E-state index in [-0.39, 0.29) is 17.8 Å². The number of imide groups is 1. The molecule has 0 saturated carbocycles. The summed E-state index contributed by atoms with van der Waals surface area (Å²) in [5, 5.41) is 1.51. The zero-order valence-corrected chi connectivity index (χ0v) is 20.1. The van der Waals surface area contributed by atoms with E-state index in [0.717, 1.165) is 35.9 Å². The summed E-state index contributed by atoms with van der Waals surface area (Å²) >= 11 is 1.46. The highest BCUT2D eigenvalue weighted by Gasteiger charge is 2.57. The van der Waals surface area contributed by atoms with Gasteiger partial charge in [0.2, 0.25) is 0 Å². The standard InChI is InChI=1S/C24H31N5O3S/c1-3-29-22(31)24(26(2)23(29)32)11-6-12-28(15-24)16-9-13-27(14-10-16)21(30)19-17-7-4-5-8-18(17)33-20(19)25/h4-5,7-8,16H,3,6,9-15,25H2,1-2H3. The van der Waals surface area contributed by atoms with Crippen LogP contribution in [-0.4, -0.2) is 88.8 Å². The molecular weight excluding hydrogens is 438 g/mol. The van der Waals surface area contributed by atoms with Crippen molar-refractivity contribution in [2.75, 3.05) is 45.5 Å². The van der Waals surface area contributed by atoms with E-state index in [2.05, 4.69) is 4.90 Å². The molecule has 0 aliphatic carbocycles. The lowest BCUT2D eigenvalue weighted by Crippen LogP contribution is -2.61. The molecule has 2 N–H and O–H groups in total. The number of piperidine rings is 2. The first-order valence-electron chi connectivity index (χ1n) is 11.8. The number of rotatable bonds is 3. The van der Waals surface area contributed by atoms with Gasteiger partial charge in [0, 0.05) is 49.4 Å². The molecule has 33 heavy (non-hydrogen) atoms. The minimum Gasteiger partial charge on any atom is -0.390 e. The highest BCUT2D eigenvalue weighted by molar-refractivity contribution is 7.23. The second kappa shape index (κ2) is 8.29. The average Bonchev–Trinajstić information content (AvgIpc) is 3.26. The van der Waals surface area contributed by atoms with E-state index < -0.39 is 5.54 Å². The number of carbonyl (C=O) groups excluding carboxylic acids is 3. The van der Waals surface area contributed by atoms with Crippen molar-refractivity contribution >= 4 is 44.3 Å². The summed E-state index contributed by atoms with van der Waals surface area (Å²) < 4.78 is 1.04. The van der Waals surface area contributed by atoms with Gasteiger partial charge in [0.25, 0.3) is 11.8 Å². The zero-order chi connectivity index (χ0) is 23.3. The van der Waals surface area contributed by atoms with Gasteiger partial charge in [-0.15, -0.1) is 11.3 Å². The molecule has 5 rings (SSSR count). The number of likely N-dealkylation sites (N-methyl/N-ethyl adjacent to an activating group) is 2. The van der Waals surface area contributed by atoms with E-state index in [9.17, 15) is 14.4 Å². The minimum absolute atomic E-state index is 0.00778. The fourth-order valence-corrected chi connectivity index (χ4v) is 6.79. The van der Waals surface area contributed by atoms with Crippen molar-refractivity contribution in [2.24, 2.45) is 0 Å². The number of nitrogens with two attached hydrogens (primary N) is 1. The molecule has 2 aromatic rings. The predicted octanol–water partition coefficient (Wildman–Crippen LogP) is 2.84. The molecule has 8 nitrogen and oxygen atoms in total. The summed E-state index contributed by atoms with van der Waals surface area (Å²) in [6.07, 6.45) is 3.31. The highest BCUT2D eigenvalue weighted by atomic mass is 32.1. The second-order valence-electron chi connectivity index (χ2n) is 9.36. The van der Waals surface area contributed by atoms with Gasteiger partial charge < -0.3 is 15.5 Å². The Balaban J connectivity index is 1.28. The Labute approximate surface area is 197 Å². The first-order valence-corrected chi connectivity index (χ1v) is 12.6. The van der Waals surface area contributed by atoms with Crippen molar-refractivity contribution in [3.05, 3.63) is 29.8 Å². The Morgan fingerprint density at radius 3 is 2.61 bits per heavy atom. The smallest absolute Gasteiger partial charge is 0.327 e. The van der Waals surface area contributed by atoms with Crippen LogP contribution >= 0.6 is 11.3 Å². The number of hydrogen-bond acceptors (Lipinski definition) is 6. The van der Waals surface area contributed by atoms with Crippen LogP contribution in [0.4, 0.5) is 9.80 Å². The van der Waals surface area contributed by atoms with Crippen LogP contribution in [0.5, 0.6) is 0 Å². The van der Waals surface area contributed by atoms with Crippen LogP contribution in [0.2, 0.25) is 0 Å². The molecule has 3 saturated heterocycles. The summed E-state index contributed by atoms with van der Waals surface area (Å²) in [7, 11) is 1.76. The third-order valence-electron chi connectivity index (χ3n) is 7.72. The number of carbonyl (C=O) groups is 3. The van der Waals surface area contributed by atoms with E-state index in [1.165, 1.54) is 16.2 Å². The molecule has 1 atom stereocenters. The van der Waals surface area contributed by atoms with Gasteiger partial charge in [-0.2, -0.15) is 0 Å². The first-order chi connectivity index (χ1) is 15.9. The summed E-state index contributed by atoms with van der Waals surface area (Å²) in [6, 6.07) is 7.97. The average molecular weight is 470 g/mol. The molecule has 1 aromatic heterocycles. The second-order valence-corrected chi connectivity index (χ2v) is 10.4.